The van der Waals surface area contributed by atoms with Crippen LogP contribution in [0.1, 0.15) is 23.6 Å². The molecule has 0 saturated carbocycles. The molecule has 0 radical (unpaired) electrons. The van der Waals surface area contributed by atoms with E-state index in [9.17, 15) is 0 Å². The van der Waals surface area contributed by atoms with E-state index < -0.39 is 0 Å². The molecule has 1 aromatic heterocycles. The van der Waals surface area contributed by atoms with Crippen molar-refractivity contribution in [3.8, 4) is 0 Å². The van der Waals surface area contributed by atoms with Crippen LogP contribution in [0.25, 0.3) is 33.1 Å². The van der Waals surface area contributed by atoms with Crippen LogP contribution in [0.3, 0.4) is 0 Å². The Kier molecular flexibility index (Phi) is 4.59. The summed E-state index contributed by atoms with van der Waals surface area (Å²) in [5, 5.41) is 6.90. The second kappa shape index (κ2) is 8.07. The van der Waals surface area contributed by atoms with E-state index in [2.05, 4.69) is 142 Å². The Bertz CT molecular complexity index is 1570. The lowest BCUT2D eigenvalue weighted by Crippen LogP contribution is -2.32. The fourth-order valence-electron chi connectivity index (χ4n) is 5.43. The summed E-state index contributed by atoms with van der Waals surface area (Å²) >= 11 is 0. The monoisotopic (exact) mass is 451 g/mol. The molecule has 0 saturated heterocycles. The van der Waals surface area contributed by atoms with Gasteiger partial charge >= 0.3 is 0 Å². The van der Waals surface area contributed by atoms with Crippen LogP contribution in [0.2, 0.25) is 0 Å². The van der Waals surface area contributed by atoms with Crippen molar-refractivity contribution in [1.82, 2.24) is 14.6 Å². The molecule has 1 unspecified atom stereocenters. The first-order valence-corrected chi connectivity index (χ1v) is 12.1. The van der Waals surface area contributed by atoms with E-state index in [0.717, 1.165) is 6.42 Å². The van der Waals surface area contributed by atoms with E-state index in [1.54, 1.807) is 0 Å². The van der Waals surface area contributed by atoms with Crippen LogP contribution >= 0.6 is 0 Å². The van der Waals surface area contributed by atoms with Gasteiger partial charge in [0.2, 0.25) is 0 Å². The summed E-state index contributed by atoms with van der Waals surface area (Å²) in [5.41, 5.74) is 7.51. The summed E-state index contributed by atoms with van der Waals surface area (Å²) in [4.78, 5) is 0. The van der Waals surface area contributed by atoms with Gasteiger partial charge in [-0.05, 0) is 54.0 Å². The number of para-hydroxylation sites is 2. The normalized spacial score (nSPS) is 18.8. The van der Waals surface area contributed by atoms with Crippen molar-refractivity contribution >= 4 is 33.1 Å². The van der Waals surface area contributed by atoms with Crippen LogP contribution in [0.4, 0.5) is 0 Å². The summed E-state index contributed by atoms with van der Waals surface area (Å²) in [5.74, 6) is 0. The molecule has 0 amide bonds. The first-order valence-electron chi connectivity index (χ1n) is 12.1. The number of fused-ring (bicyclic) bond motifs is 4. The Balaban J connectivity index is 1.16. The molecule has 2 aliphatic heterocycles. The zero-order valence-electron chi connectivity index (χ0n) is 19.3. The van der Waals surface area contributed by atoms with E-state index in [4.69, 9.17) is 0 Å². The Labute approximate surface area is 205 Å². The molecule has 0 N–H and O–H groups in total. The minimum atomic E-state index is 0.312. The third-order valence-electron chi connectivity index (χ3n) is 7.11. The van der Waals surface area contributed by atoms with E-state index >= 15 is 0 Å². The maximum atomic E-state index is 2.49. The average molecular weight is 452 g/mol. The highest BCUT2D eigenvalue weighted by Gasteiger charge is 2.19. The molecule has 35 heavy (non-hydrogen) atoms. The average Bonchev–Trinajstić information content (AvgIpc) is 3.27. The molecular formula is C32H25N3. The van der Waals surface area contributed by atoms with E-state index in [-0.39, 0.29) is 0 Å². The fraction of sp³-hybridized carbons (Fsp3) is 0.0625. The predicted octanol–water partition coefficient (Wildman–Crippen LogP) is 7.81. The second-order valence-electron chi connectivity index (χ2n) is 9.10. The van der Waals surface area contributed by atoms with Crippen molar-refractivity contribution in [2.45, 2.75) is 12.5 Å². The summed E-state index contributed by atoms with van der Waals surface area (Å²) in [6.07, 6.45) is 22.6. The SMILES string of the molecule is C1=CN2C=CC=C(c3ccc(C4=CCC(n5c6ccccc6c6ccccc65)C=C4)cc3)N2C=C1. The van der Waals surface area contributed by atoms with Gasteiger partial charge in [0.05, 0.1) is 11.7 Å². The second-order valence-corrected chi connectivity index (χ2v) is 9.10. The third kappa shape index (κ3) is 3.28. The van der Waals surface area contributed by atoms with Crippen LogP contribution in [0.5, 0.6) is 0 Å². The number of hydrazine groups is 1. The minimum Gasteiger partial charge on any atom is -0.333 e. The summed E-state index contributed by atoms with van der Waals surface area (Å²) in [7, 11) is 0. The van der Waals surface area contributed by atoms with Gasteiger partial charge in [0.25, 0.3) is 0 Å². The largest absolute Gasteiger partial charge is 0.333 e. The van der Waals surface area contributed by atoms with Gasteiger partial charge in [0.1, 0.15) is 0 Å². The highest BCUT2D eigenvalue weighted by Crippen LogP contribution is 2.36. The molecule has 3 nitrogen and oxygen atoms in total. The van der Waals surface area contributed by atoms with Gasteiger partial charge in [-0.15, -0.1) is 0 Å². The van der Waals surface area contributed by atoms with Gasteiger partial charge in [-0.2, -0.15) is 0 Å². The molecule has 3 aromatic carbocycles. The Hall–Kier alpha value is -4.50. The smallest absolute Gasteiger partial charge is 0.0702 e. The van der Waals surface area contributed by atoms with Crippen LogP contribution < -0.4 is 0 Å². The number of allylic oxidation sites excluding steroid dienone is 8. The molecule has 1 aliphatic carbocycles. The van der Waals surface area contributed by atoms with Crippen molar-refractivity contribution in [2.75, 3.05) is 0 Å². The lowest BCUT2D eigenvalue weighted by Gasteiger charge is -2.36. The van der Waals surface area contributed by atoms with Gasteiger partial charge in [-0.3, -0.25) is 10.0 Å². The van der Waals surface area contributed by atoms with Gasteiger partial charge in [-0.25, -0.2) is 0 Å². The van der Waals surface area contributed by atoms with E-state index in [0.29, 0.717) is 6.04 Å². The van der Waals surface area contributed by atoms with Gasteiger partial charge in [0, 0.05) is 46.0 Å². The maximum Gasteiger partial charge on any atom is 0.0702 e. The molecule has 0 fully saturated rings. The quantitative estimate of drug-likeness (QED) is 0.315. The molecule has 1 atom stereocenters. The first-order chi connectivity index (χ1) is 17.4. The topological polar surface area (TPSA) is 11.4 Å². The van der Waals surface area contributed by atoms with Gasteiger partial charge < -0.3 is 4.57 Å². The lowest BCUT2D eigenvalue weighted by molar-refractivity contribution is 0.212. The summed E-state index contributed by atoms with van der Waals surface area (Å²) in [6, 6.07) is 26.7. The van der Waals surface area contributed by atoms with Crippen molar-refractivity contribution in [3.63, 3.8) is 0 Å². The lowest BCUT2D eigenvalue weighted by atomic mass is 9.95. The third-order valence-corrected chi connectivity index (χ3v) is 7.11. The molecule has 3 aliphatic rings. The molecule has 3 heterocycles. The molecular weight excluding hydrogens is 426 g/mol. The van der Waals surface area contributed by atoms with Crippen molar-refractivity contribution in [2.24, 2.45) is 0 Å². The maximum absolute atomic E-state index is 2.49. The molecule has 0 spiro atoms. The molecule has 168 valence electrons. The van der Waals surface area contributed by atoms with Crippen LogP contribution in [0, 0.1) is 0 Å². The number of aromatic nitrogens is 1. The predicted molar refractivity (Wildman–Crippen MR) is 146 cm³/mol. The molecule has 3 heteroatoms. The molecule has 4 aromatic rings. The van der Waals surface area contributed by atoms with Crippen LogP contribution in [0.15, 0.2) is 134 Å². The van der Waals surface area contributed by atoms with Crippen molar-refractivity contribution < 1.29 is 0 Å². The number of nitrogens with zero attached hydrogens (tertiary/aromatic N) is 3. The Morgan fingerprint density at radius 3 is 2.03 bits per heavy atom. The first kappa shape index (κ1) is 19.9. The van der Waals surface area contributed by atoms with Crippen LogP contribution in [-0.2, 0) is 0 Å². The van der Waals surface area contributed by atoms with E-state index in [1.807, 2.05) is 6.08 Å². The highest BCUT2D eigenvalue weighted by atomic mass is 15.6. The van der Waals surface area contributed by atoms with E-state index in [1.165, 1.54) is 44.2 Å². The van der Waals surface area contributed by atoms with Crippen LogP contribution in [-0.4, -0.2) is 14.6 Å². The Morgan fingerprint density at radius 1 is 0.657 bits per heavy atom. The van der Waals surface area contributed by atoms with Gasteiger partial charge in [-0.1, -0.05) is 78.9 Å². The Morgan fingerprint density at radius 2 is 1.31 bits per heavy atom. The number of hydrogen-bond acceptors (Lipinski definition) is 2. The zero-order chi connectivity index (χ0) is 23.2. The highest BCUT2D eigenvalue weighted by molar-refractivity contribution is 6.08. The number of rotatable bonds is 3. The van der Waals surface area contributed by atoms with Gasteiger partial charge in [0.15, 0.2) is 0 Å². The zero-order valence-corrected chi connectivity index (χ0v) is 19.3. The summed E-state index contributed by atoms with van der Waals surface area (Å²) in [6.45, 7) is 0. The summed E-state index contributed by atoms with van der Waals surface area (Å²) < 4.78 is 2.49. The minimum absolute atomic E-state index is 0.312. The number of hydrogen-bond donors (Lipinski definition) is 0. The molecule has 7 rings (SSSR count). The standard InChI is InChI=1S/C32H25N3/c1-3-10-31-28(8-1)29-9-2-4-11-32(29)35(31)27-19-17-25(18-20-27)24-13-15-26(16-14-24)30-12-7-22-33-21-5-6-23-34(30)33/h1-19,21-23,27H,20H2. The van der Waals surface area contributed by atoms with Crippen molar-refractivity contribution in [3.05, 3.63) is 145 Å². The van der Waals surface area contributed by atoms with Crippen molar-refractivity contribution in [1.29, 1.82) is 0 Å². The molecule has 0 bridgehead atoms. The fourth-order valence-corrected chi connectivity index (χ4v) is 5.43. The number of benzene rings is 3.